The number of nitro groups is 1. The number of hydrogen-bond acceptors (Lipinski definition) is 6. The molecule has 1 saturated heterocycles. The lowest BCUT2D eigenvalue weighted by atomic mass is 10.2. The summed E-state index contributed by atoms with van der Waals surface area (Å²) >= 11 is 0. The van der Waals surface area contributed by atoms with E-state index >= 15 is 0 Å². The molecule has 0 bridgehead atoms. The molecule has 1 aliphatic heterocycles. The third kappa shape index (κ3) is 5.66. The standard InChI is InChI=1S/C17H21N3O7/c1-12-10-13(2-3-14(12)20(25)26)27-9-4-15(21)18-5-7-19(8-6-18)16(22)11-17(23)24/h2-3,10H,4-9,11H2,1H3,(H,23,24). The molecular formula is C17H21N3O7. The second-order valence-electron chi connectivity index (χ2n) is 6.14. The normalized spacial score (nSPS) is 14.0. The number of hydrogen-bond donors (Lipinski definition) is 1. The zero-order valence-electron chi connectivity index (χ0n) is 14.9. The first-order chi connectivity index (χ1) is 12.8. The molecule has 1 aliphatic rings. The van der Waals surface area contributed by atoms with Crippen molar-refractivity contribution in [1.29, 1.82) is 0 Å². The highest BCUT2D eigenvalue weighted by atomic mass is 16.6. The number of benzene rings is 1. The van der Waals surface area contributed by atoms with Crippen molar-refractivity contribution in [1.82, 2.24) is 9.80 Å². The number of rotatable bonds is 7. The van der Waals surface area contributed by atoms with Gasteiger partial charge in [-0.15, -0.1) is 0 Å². The third-order valence-electron chi connectivity index (χ3n) is 4.24. The highest BCUT2D eigenvalue weighted by molar-refractivity contribution is 5.93. The molecule has 1 fully saturated rings. The van der Waals surface area contributed by atoms with Gasteiger partial charge in [0.05, 0.1) is 18.0 Å². The summed E-state index contributed by atoms with van der Waals surface area (Å²) in [6, 6.07) is 4.40. The van der Waals surface area contributed by atoms with Crippen LogP contribution in [-0.4, -0.2) is 70.4 Å². The minimum Gasteiger partial charge on any atom is -0.493 e. The molecular weight excluding hydrogens is 358 g/mol. The van der Waals surface area contributed by atoms with Crippen LogP contribution in [0, 0.1) is 17.0 Å². The van der Waals surface area contributed by atoms with E-state index in [0.717, 1.165) is 0 Å². The van der Waals surface area contributed by atoms with Gasteiger partial charge < -0.3 is 19.6 Å². The Labute approximate surface area is 155 Å². The molecule has 10 heteroatoms. The van der Waals surface area contributed by atoms with Gasteiger partial charge in [-0.25, -0.2) is 0 Å². The van der Waals surface area contributed by atoms with Crippen LogP contribution in [0.5, 0.6) is 5.75 Å². The number of carboxylic acid groups (broad SMARTS) is 1. The Morgan fingerprint density at radius 2 is 1.74 bits per heavy atom. The fraction of sp³-hybridized carbons (Fsp3) is 0.471. The summed E-state index contributed by atoms with van der Waals surface area (Å²) in [5.74, 6) is -1.29. The fourth-order valence-corrected chi connectivity index (χ4v) is 2.78. The Hall–Kier alpha value is -3.17. The molecule has 1 aromatic rings. The molecule has 10 nitrogen and oxygen atoms in total. The van der Waals surface area contributed by atoms with Crippen LogP contribution in [0.1, 0.15) is 18.4 Å². The number of amides is 2. The molecule has 0 spiro atoms. The summed E-state index contributed by atoms with van der Waals surface area (Å²) in [5.41, 5.74) is 0.486. The minimum atomic E-state index is -1.17. The van der Waals surface area contributed by atoms with E-state index in [-0.39, 0.29) is 24.6 Å². The van der Waals surface area contributed by atoms with Crippen molar-refractivity contribution in [3.05, 3.63) is 33.9 Å². The van der Waals surface area contributed by atoms with Crippen LogP contribution in [0.25, 0.3) is 0 Å². The van der Waals surface area contributed by atoms with Gasteiger partial charge in [-0.1, -0.05) is 0 Å². The summed E-state index contributed by atoms with van der Waals surface area (Å²) in [4.78, 5) is 47.8. The average molecular weight is 379 g/mol. The van der Waals surface area contributed by atoms with Gasteiger partial charge in [0.25, 0.3) is 5.69 Å². The first-order valence-corrected chi connectivity index (χ1v) is 8.43. The van der Waals surface area contributed by atoms with Crippen molar-refractivity contribution in [2.45, 2.75) is 19.8 Å². The van der Waals surface area contributed by atoms with Gasteiger partial charge >= 0.3 is 5.97 Å². The van der Waals surface area contributed by atoms with E-state index in [0.29, 0.717) is 37.5 Å². The van der Waals surface area contributed by atoms with Crippen molar-refractivity contribution in [3.63, 3.8) is 0 Å². The molecule has 0 unspecified atom stereocenters. The third-order valence-corrected chi connectivity index (χ3v) is 4.24. The zero-order chi connectivity index (χ0) is 20.0. The maximum Gasteiger partial charge on any atom is 0.312 e. The summed E-state index contributed by atoms with van der Waals surface area (Å²) in [7, 11) is 0. The lowest BCUT2D eigenvalue weighted by Crippen LogP contribution is -2.51. The first kappa shape index (κ1) is 20.1. The zero-order valence-corrected chi connectivity index (χ0v) is 14.9. The Morgan fingerprint density at radius 3 is 2.26 bits per heavy atom. The van der Waals surface area contributed by atoms with Crippen molar-refractivity contribution < 1.29 is 29.2 Å². The van der Waals surface area contributed by atoms with E-state index in [2.05, 4.69) is 0 Å². The molecule has 27 heavy (non-hydrogen) atoms. The van der Waals surface area contributed by atoms with Gasteiger partial charge in [-0.05, 0) is 19.1 Å². The van der Waals surface area contributed by atoms with Crippen LogP contribution in [-0.2, 0) is 14.4 Å². The van der Waals surface area contributed by atoms with Crippen LogP contribution in [0.2, 0.25) is 0 Å². The smallest absolute Gasteiger partial charge is 0.312 e. The van der Waals surface area contributed by atoms with Crippen LogP contribution in [0.15, 0.2) is 18.2 Å². The molecule has 1 N–H and O–H groups in total. The highest BCUT2D eigenvalue weighted by Crippen LogP contribution is 2.23. The number of nitro benzene ring substituents is 1. The Bertz CT molecular complexity index is 742. The molecule has 0 saturated carbocycles. The van der Waals surface area contributed by atoms with Crippen molar-refractivity contribution in [3.8, 4) is 5.75 Å². The molecule has 146 valence electrons. The Balaban J connectivity index is 1.75. The number of carbonyl (C=O) groups is 3. The van der Waals surface area contributed by atoms with E-state index < -0.39 is 23.2 Å². The van der Waals surface area contributed by atoms with Crippen LogP contribution in [0.3, 0.4) is 0 Å². The number of nitrogens with zero attached hydrogens (tertiary/aromatic N) is 3. The summed E-state index contributed by atoms with van der Waals surface area (Å²) < 4.78 is 5.49. The number of piperazine rings is 1. The molecule has 0 atom stereocenters. The second-order valence-corrected chi connectivity index (χ2v) is 6.14. The minimum absolute atomic E-state index is 0.00809. The predicted molar refractivity (Wildman–Crippen MR) is 93.4 cm³/mol. The molecule has 0 radical (unpaired) electrons. The van der Waals surface area contributed by atoms with Gasteiger partial charge in [-0.3, -0.25) is 24.5 Å². The van der Waals surface area contributed by atoms with E-state index in [1.54, 1.807) is 17.9 Å². The monoisotopic (exact) mass is 379 g/mol. The number of ether oxygens (including phenoxy) is 1. The molecule has 2 amide bonds. The maximum absolute atomic E-state index is 12.2. The molecule has 2 rings (SSSR count). The number of aliphatic carboxylic acids is 1. The van der Waals surface area contributed by atoms with Crippen LogP contribution < -0.4 is 4.74 Å². The van der Waals surface area contributed by atoms with Gasteiger partial charge in [0.1, 0.15) is 12.2 Å². The van der Waals surface area contributed by atoms with Crippen molar-refractivity contribution >= 4 is 23.5 Å². The number of carboxylic acids is 1. The van der Waals surface area contributed by atoms with E-state index in [9.17, 15) is 24.5 Å². The second kappa shape index (κ2) is 8.97. The van der Waals surface area contributed by atoms with Gasteiger partial charge in [0.2, 0.25) is 11.8 Å². The molecule has 0 aliphatic carbocycles. The number of carbonyl (C=O) groups excluding carboxylic acids is 2. The highest BCUT2D eigenvalue weighted by Gasteiger charge is 2.25. The van der Waals surface area contributed by atoms with E-state index in [1.807, 2.05) is 0 Å². The Kier molecular flexibility index (Phi) is 6.69. The molecule has 0 aromatic heterocycles. The summed E-state index contributed by atoms with van der Waals surface area (Å²) in [5, 5.41) is 19.4. The quantitative estimate of drug-likeness (QED) is 0.421. The largest absolute Gasteiger partial charge is 0.493 e. The van der Waals surface area contributed by atoms with Gasteiger partial charge in [0.15, 0.2) is 0 Å². The lowest BCUT2D eigenvalue weighted by Gasteiger charge is -2.34. The maximum atomic E-state index is 12.2. The molecule has 1 aromatic carbocycles. The fourth-order valence-electron chi connectivity index (χ4n) is 2.78. The van der Waals surface area contributed by atoms with Crippen LogP contribution >= 0.6 is 0 Å². The van der Waals surface area contributed by atoms with Crippen molar-refractivity contribution in [2.75, 3.05) is 32.8 Å². The average Bonchev–Trinajstić information content (AvgIpc) is 2.61. The lowest BCUT2D eigenvalue weighted by molar-refractivity contribution is -0.385. The summed E-state index contributed by atoms with van der Waals surface area (Å²) in [6.07, 6.45) is -0.407. The SMILES string of the molecule is Cc1cc(OCCC(=O)N2CCN(C(=O)CC(=O)O)CC2)ccc1[N+](=O)[O-]. The number of aryl methyl sites for hydroxylation is 1. The summed E-state index contributed by atoms with van der Waals surface area (Å²) in [6.45, 7) is 3.05. The Morgan fingerprint density at radius 1 is 1.15 bits per heavy atom. The van der Waals surface area contributed by atoms with E-state index in [1.165, 1.54) is 17.0 Å². The van der Waals surface area contributed by atoms with E-state index in [4.69, 9.17) is 9.84 Å². The molecule has 1 heterocycles. The van der Waals surface area contributed by atoms with Gasteiger partial charge in [-0.2, -0.15) is 0 Å². The van der Waals surface area contributed by atoms with Crippen LogP contribution in [0.4, 0.5) is 5.69 Å². The van der Waals surface area contributed by atoms with Gasteiger partial charge in [0, 0.05) is 37.8 Å². The first-order valence-electron chi connectivity index (χ1n) is 8.43. The predicted octanol–water partition coefficient (Wildman–Crippen LogP) is 0.818. The van der Waals surface area contributed by atoms with Crippen molar-refractivity contribution in [2.24, 2.45) is 0 Å². The topological polar surface area (TPSA) is 130 Å².